The monoisotopic (exact) mass is 511 g/mol. The highest BCUT2D eigenvalue weighted by molar-refractivity contribution is 9.11. The van der Waals surface area contributed by atoms with E-state index < -0.39 is 6.09 Å². The smallest absolute Gasteiger partial charge is 0.408 e. The Morgan fingerprint density at radius 3 is 2.70 bits per heavy atom. The number of thiazole rings is 1. The van der Waals surface area contributed by atoms with Crippen LogP contribution in [0.3, 0.4) is 0 Å². The summed E-state index contributed by atoms with van der Waals surface area (Å²) in [5.41, 5.74) is 1.52. The molecule has 1 aliphatic rings. The third-order valence-corrected chi connectivity index (χ3v) is 6.10. The zero-order chi connectivity index (χ0) is 19.3. The maximum absolute atomic E-state index is 12.7. The maximum Gasteiger partial charge on any atom is 0.421 e. The molecule has 0 bridgehead atoms. The Balaban J connectivity index is 1.79. The third-order valence-electron chi connectivity index (χ3n) is 3.99. The second kappa shape index (κ2) is 6.68. The molecule has 2 aromatic heterocycles. The topological polar surface area (TPSA) is 73.1 Å². The molecule has 0 saturated carbocycles. The van der Waals surface area contributed by atoms with Crippen LogP contribution in [0.4, 0.5) is 9.93 Å². The molecule has 1 aromatic carbocycles. The maximum atomic E-state index is 12.7. The van der Waals surface area contributed by atoms with Gasteiger partial charge in [-0.1, -0.05) is 48.0 Å². The SMILES string of the molecule is CC(C)(C)c1nc(N2Cc3cc(Br)cc(Br)c3OC2=O)sc1-n1cncn1. The largest absolute Gasteiger partial charge is 0.421 e. The summed E-state index contributed by atoms with van der Waals surface area (Å²) in [7, 11) is 0. The summed E-state index contributed by atoms with van der Waals surface area (Å²) in [4.78, 5) is 23.0. The summed E-state index contributed by atoms with van der Waals surface area (Å²) in [6, 6.07) is 3.79. The van der Waals surface area contributed by atoms with Gasteiger partial charge in [0, 0.05) is 15.5 Å². The first-order chi connectivity index (χ1) is 12.7. The van der Waals surface area contributed by atoms with Gasteiger partial charge in [0.05, 0.1) is 16.7 Å². The van der Waals surface area contributed by atoms with Crippen LogP contribution in [0.25, 0.3) is 5.00 Å². The van der Waals surface area contributed by atoms with Crippen LogP contribution in [0.2, 0.25) is 0 Å². The van der Waals surface area contributed by atoms with E-state index in [0.717, 1.165) is 25.2 Å². The first-order valence-electron chi connectivity index (χ1n) is 8.07. The Hall–Kier alpha value is -1.78. The highest BCUT2D eigenvalue weighted by atomic mass is 79.9. The van der Waals surface area contributed by atoms with E-state index in [4.69, 9.17) is 9.72 Å². The van der Waals surface area contributed by atoms with Gasteiger partial charge in [0.1, 0.15) is 17.7 Å². The van der Waals surface area contributed by atoms with Gasteiger partial charge in [0.25, 0.3) is 0 Å². The van der Waals surface area contributed by atoms with Gasteiger partial charge >= 0.3 is 6.09 Å². The van der Waals surface area contributed by atoms with Crippen molar-refractivity contribution in [3.05, 3.63) is 45.0 Å². The minimum absolute atomic E-state index is 0.223. The quantitative estimate of drug-likeness (QED) is 0.479. The molecule has 3 heterocycles. The van der Waals surface area contributed by atoms with E-state index in [0.29, 0.717) is 17.4 Å². The molecule has 0 aliphatic carbocycles. The summed E-state index contributed by atoms with van der Waals surface area (Å²) < 4.78 is 8.88. The van der Waals surface area contributed by atoms with Crippen molar-refractivity contribution in [2.24, 2.45) is 0 Å². The highest BCUT2D eigenvalue weighted by Gasteiger charge is 2.33. The van der Waals surface area contributed by atoms with Gasteiger partial charge in [0.2, 0.25) is 0 Å². The molecule has 0 fully saturated rings. The van der Waals surface area contributed by atoms with Crippen LogP contribution >= 0.6 is 43.2 Å². The van der Waals surface area contributed by atoms with E-state index in [-0.39, 0.29) is 5.41 Å². The van der Waals surface area contributed by atoms with Gasteiger partial charge in [-0.3, -0.25) is 0 Å². The van der Waals surface area contributed by atoms with Gasteiger partial charge in [0.15, 0.2) is 10.9 Å². The number of anilines is 1. The van der Waals surface area contributed by atoms with Crippen LogP contribution in [0.5, 0.6) is 5.75 Å². The van der Waals surface area contributed by atoms with Crippen LogP contribution < -0.4 is 9.64 Å². The molecule has 0 spiro atoms. The number of aromatic nitrogens is 4. The van der Waals surface area contributed by atoms with Crippen molar-refractivity contribution >= 4 is 54.4 Å². The average Bonchev–Trinajstić information content (AvgIpc) is 3.23. The molecule has 1 aliphatic heterocycles. The van der Waals surface area contributed by atoms with Gasteiger partial charge in [-0.05, 0) is 28.1 Å². The number of hydrogen-bond acceptors (Lipinski definition) is 6. The molecule has 0 atom stereocenters. The lowest BCUT2D eigenvalue weighted by Gasteiger charge is -2.26. The van der Waals surface area contributed by atoms with Crippen LogP contribution in [0.1, 0.15) is 32.0 Å². The summed E-state index contributed by atoms with van der Waals surface area (Å²) in [5, 5.41) is 5.63. The number of halogens is 2. The Morgan fingerprint density at radius 2 is 2.04 bits per heavy atom. The number of ether oxygens (including phenoxy) is 1. The molecule has 7 nitrogen and oxygen atoms in total. The standard InChI is InChI=1S/C17H15Br2N5O2S/c1-17(2,3)13-14(24-8-20-7-21-24)27-15(22-13)23-6-9-4-10(18)5-11(19)12(9)26-16(23)25/h4-5,7-8H,6H2,1-3H3. The fraction of sp³-hybridized carbons (Fsp3) is 0.294. The summed E-state index contributed by atoms with van der Waals surface area (Å²) in [5.74, 6) is 0.545. The van der Waals surface area contributed by atoms with Gasteiger partial charge in [-0.15, -0.1) is 0 Å². The Morgan fingerprint density at radius 1 is 1.26 bits per heavy atom. The van der Waals surface area contributed by atoms with Crippen LogP contribution in [0, 0.1) is 0 Å². The van der Waals surface area contributed by atoms with Gasteiger partial charge < -0.3 is 4.74 Å². The van der Waals surface area contributed by atoms with E-state index in [2.05, 4.69) is 62.7 Å². The first-order valence-corrected chi connectivity index (χ1v) is 10.5. The normalized spacial score (nSPS) is 14.3. The molecule has 0 radical (unpaired) electrons. The van der Waals surface area contributed by atoms with Crippen LogP contribution in [0.15, 0.2) is 33.7 Å². The molecule has 1 amide bonds. The lowest BCUT2D eigenvalue weighted by molar-refractivity contribution is 0.202. The molecule has 140 valence electrons. The van der Waals surface area contributed by atoms with Crippen molar-refractivity contribution in [3.63, 3.8) is 0 Å². The molecule has 27 heavy (non-hydrogen) atoms. The minimum atomic E-state index is -0.454. The average molecular weight is 513 g/mol. The summed E-state index contributed by atoms with van der Waals surface area (Å²) in [6.07, 6.45) is 2.65. The van der Waals surface area contributed by atoms with E-state index >= 15 is 0 Å². The molecule has 3 aromatic rings. The van der Waals surface area contributed by atoms with Crippen molar-refractivity contribution in [1.29, 1.82) is 0 Å². The lowest BCUT2D eigenvalue weighted by atomic mass is 9.92. The van der Waals surface area contributed by atoms with Crippen LogP contribution in [-0.2, 0) is 12.0 Å². The zero-order valence-electron chi connectivity index (χ0n) is 14.7. The Bertz CT molecular complexity index is 1030. The molecule has 4 rings (SSSR count). The number of nitrogens with zero attached hydrogens (tertiary/aromatic N) is 5. The number of fused-ring (bicyclic) bond motifs is 1. The molecular formula is C17H15Br2N5O2S. The number of carbonyl (C=O) groups is 1. The first kappa shape index (κ1) is 18.6. The van der Waals surface area contributed by atoms with Gasteiger partial charge in [-0.25, -0.2) is 24.3 Å². The third kappa shape index (κ3) is 3.41. The predicted molar refractivity (Wildman–Crippen MR) is 110 cm³/mol. The van der Waals surface area contributed by atoms with Gasteiger partial charge in [-0.2, -0.15) is 5.10 Å². The molecule has 0 unspecified atom stereocenters. The van der Waals surface area contributed by atoms with Crippen molar-refractivity contribution in [3.8, 4) is 10.8 Å². The number of hydrogen-bond donors (Lipinski definition) is 0. The molecule has 0 N–H and O–H groups in total. The summed E-state index contributed by atoms with van der Waals surface area (Å²) >= 11 is 8.32. The Kier molecular flexibility index (Phi) is 4.59. The van der Waals surface area contributed by atoms with E-state index in [1.807, 2.05) is 12.1 Å². The van der Waals surface area contributed by atoms with E-state index in [1.54, 1.807) is 15.9 Å². The second-order valence-electron chi connectivity index (χ2n) is 7.07. The predicted octanol–water partition coefficient (Wildman–Crippen LogP) is 5.07. The second-order valence-corrected chi connectivity index (χ2v) is 9.80. The van der Waals surface area contributed by atoms with Crippen molar-refractivity contribution < 1.29 is 9.53 Å². The molecular weight excluding hydrogens is 498 g/mol. The number of carbonyl (C=O) groups excluding carboxylic acids is 1. The molecule has 10 heteroatoms. The fourth-order valence-electron chi connectivity index (χ4n) is 2.74. The summed E-state index contributed by atoms with van der Waals surface area (Å²) in [6.45, 7) is 6.60. The lowest BCUT2D eigenvalue weighted by Crippen LogP contribution is -2.37. The van der Waals surface area contributed by atoms with Crippen molar-refractivity contribution in [2.45, 2.75) is 32.7 Å². The molecule has 0 saturated heterocycles. The number of rotatable bonds is 2. The Labute approximate surface area is 176 Å². The highest BCUT2D eigenvalue weighted by Crippen LogP contribution is 2.41. The zero-order valence-corrected chi connectivity index (χ0v) is 18.7. The number of amides is 1. The van der Waals surface area contributed by atoms with Crippen LogP contribution in [-0.4, -0.2) is 25.8 Å². The minimum Gasteiger partial charge on any atom is -0.408 e. The number of benzene rings is 1. The van der Waals surface area contributed by atoms with E-state index in [9.17, 15) is 4.79 Å². The fourth-order valence-corrected chi connectivity index (χ4v) is 5.33. The van der Waals surface area contributed by atoms with Crippen molar-refractivity contribution in [2.75, 3.05) is 4.90 Å². The van der Waals surface area contributed by atoms with E-state index in [1.165, 1.54) is 17.7 Å². The van der Waals surface area contributed by atoms with Crippen molar-refractivity contribution in [1.82, 2.24) is 19.7 Å².